The number of hydrogen-bond donors (Lipinski definition) is 1. The van der Waals surface area contributed by atoms with E-state index in [9.17, 15) is 5.11 Å². The van der Waals surface area contributed by atoms with Crippen LogP contribution >= 0.6 is 0 Å². The van der Waals surface area contributed by atoms with E-state index >= 15 is 0 Å². The summed E-state index contributed by atoms with van der Waals surface area (Å²) < 4.78 is 15.6. The van der Waals surface area contributed by atoms with Gasteiger partial charge in [-0.3, -0.25) is 0 Å². The van der Waals surface area contributed by atoms with Crippen LogP contribution in [0.2, 0.25) is 0 Å². The van der Waals surface area contributed by atoms with Crippen molar-refractivity contribution in [2.45, 2.75) is 12.2 Å². The van der Waals surface area contributed by atoms with Crippen LogP contribution < -0.4 is 10.7 Å². The van der Waals surface area contributed by atoms with Crippen molar-refractivity contribution in [1.82, 2.24) is 9.13 Å². The Morgan fingerprint density at radius 2 is 0.925 bits per heavy atom. The van der Waals surface area contributed by atoms with Gasteiger partial charge in [-0.25, -0.2) is 0 Å². The van der Waals surface area contributed by atoms with Crippen LogP contribution in [0.4, 0.5) is 0 Å². The zero-order valence-electron chi connectivity index (χ0n) is 28.8. The quantitative estimate of drug-likeness (QED) is 0.171. The minimum absolute atomic E-state index is 0.720. The number of hydrogen-bond acceptors (Lipinski definition) is 2. The van der Waals surface area contributed by atoms with E-state index in [1.807, 2.05) is 12.1 Å². The van der Waals surface area contributed by atoms with Gasteiger partial charge in [0, 0.05) is 37.0 Å². The molecule has 0 saturated carbocycles. The average molecular weight is 685 g/mol. The molecule has 8 heterocycles. The number of nitrogens with zero attached hydrogens (tertiary/aromatic N) is 4. The van der Waals surface area contributed by atoms with E-state index in [1.165, 1.54) is 62.6 Å². The first kappa shape index (κ1) is 29.0. The molecule has 2 unspecified atom stereocenters. The summed E-state index contributed by atoms with van der Waals surface area (Å²) >= 11 is 0. The van der Waals surface area contributed by atoms with Crippen molar-refractivity contribution in [1.29, 1.82) is 0 Å². The first-order chi connectivity index (χ1) is 26.2. The Kier molecular flexibility index (Phi) is 5.62. The van der Waals surface area contributed by atoms with E-state index in [0.29, 0.717) is 0 Å². The number of aliphatic hydroxyl groups is 1. The number of allylic oxidation sites excluding steroid dienone is 4. The Morgan fingerprint density at radius 1 is 0.491 bits per heavy atom. The molecule has 6 aliphatic heterocycles. The van der Waals surface area contributed by atoms with Gasteiger partial charge in [-0.15, -0.1) is 0 Å². The molecule has 0 fully saturated rings. The van der Waals surface area contributed by atoms with Gasteiger partial charge in [0.05, 0.1) is 44.4 Å². The SMILES string of the molecule is COC(O)c1ccc(C2=C3C=CC4=[N+]3C35n6c(ccc62)C(c2ccccc2)=C2C=CC(=[N+]23)C(c2ccccc2)=c2ccc(n25)=C4c2ccccc2)cc1. The van der Waals surface area contributed by atoms with Crippen molar-refractivity contribution in [2.24, 2.45) is 0 Å². The molecule has 0 aliphatic carbocycles. The molecule has 6 nitrogen and oxygen atoms in total. The van der Waals surface area contributed by atoms with Gasteiger partial charge >= 0.3 is 5.91 Å². The van der Waals surface area contributed by atoms with Gasteiger partial charge in [-0.05, 0) is 46.5 Å². The summed E-state index contributed by atoms with van der Waals surface area (Å²) in [6, 6.07) is 49.9. The summed E-state index contributed by atoms with van der Waals surface area (Å²) in [7, 11) is 1.52. The van der Waals surface area contributed by atoms with E-state index in [-0.39, 0.29) is 0 Å². The number of aromatic nitrogens is 2. The second-order valence-corrected chi connectivity index (χ2v) is 14.2. The Balaban J connectivity index is 1.30. The molecule has 6 aromatic rings. The predicted molar refractivity (Wildman–Crippen MR) is 205 cm³/mol. The topological polar surface area (TPSA) is 45.3 Å². The minimum atomic E-state index is -0.981. The maximum Gasteiger partial charge on any atom is 0.553 e. The molecule has 12 rings (SSSR count). The maximum atomic E-state index is 10.5. The molecule has 6 heteroatoms. The van der Waals surface area contributed by atoms with Gasteiger partial charge in [0.15, 0.2) is 6.29 Å². The third kappa shape index (κ3) is 3.45. The molecule has 250 valence electrons. The van der Waals surface area contributed by atoms with E-state index in [1.54, 1.807) is 0 Å². The first-order valence-electron chi connectivity index (χ1n) is 18.1. The highest BCUT2D eigenvalue weighted by Gasteiger charge is 2.72. The molecule has 53 heavy (non-hydrogen) atoms. The molecule has 1 spiro atoms. The lowest BCUT2D eigenvalue weighted by Crippen LogP contribution is -2.71. The largest absolute Gasteiger partial charge is 0.553 e. The van der Waals surface area contributed by atoms with Gasteiger partial charge < -0.3 is 9.84 Å². The van der Waals surface area contributed by atoms with Gasteiger partial charge in [0.1, 0.15) is 0 Å². The highest BCUT2D eigenvalue weighted by molar-refractivity contribution is 6.29. The van der Waals surface area contributed by atoms with Crippen molar-refractivity contribution in [3.63, 3.8) is 0 Å². The van der Waals surface area contributed by atoms with E-state index < -0.39 is 12.2 Å². The minimum Gasteiger partial charge on any atom is -0.364 e. The molecule has 0 amide bonds. The summed E-state index contributed by atoms with van der Waals surface area (Å²) in [5.74, 6) is -0.824. The molecule has 2 aromatic heterocycles. The van der Waals surface area contributed by atoms with Crippen LogP contribution in [-0.2, 0) is 10.6 Å². The van der Waals surface area contributed by atoms with E-state index in [2.05, 4.69) is 170 Å². The van der Waals surface area contributed by atoms with Crippen molar-refractivity contribution >= 4 is 33.7 Å². The van der Waals surface area contributed by atoms with Gasteiger partial charge in [0.25, 0.3) is 0 Å². The Morgan fingerprint density at radius 3 is 1.38 bits per heavy atom. The second-order valence-electron chi connectivity index (χ2n) is 14.2. The second kappa shape index (κ2) is 10.3. The lowest BCUT2D eigenvalue weighted by Gasteiger charge is -2.41. The molecular weight excluding hydrogens is 653 g/mol. The van der Waals surface area contributed by atoms with E-state index in [4.69, 9.17) is 4.74 Å². The summed E-state index contributed by atoms with van der Waals surface area (Å²) in [6.45, 7) is 0. The van der Waals surface area contributed by atoms with Crippen LogP contribution in [0.1, 0.15) is 45.5 Å². The fourth-order valence-corrected chi connectivity index (χ4v) is 9.67. The summed E-state index contributed by atoms with van der Waals surface area (Å²) in [5.41, 5.74) is 17.0. The maximum absolute atomic E-state index is 10.5. The highest BCUT2D eigenvalue weighted by Crippen LogP contribution is 2.53. The smallest absolute Gasteiger partial charge is 0.364 e. The van der Waals surface area contributed by atoms with Gasteiger partial charge in [-0.2, -0.15) is 9.13 Å². The van der Waals surface area contributed by atoms with Crippen LogP contribution in [0.5, 0.6) is 0 Å². The lowest BCUT2D eigenvalue weighted by molar-refractivity contribution is -0.834. The van der Waals surface area contributed by atoms with Crippen LogP contribution in [0, 0.1) is 0 Å². The summed E-state index contributed by atoms with van der Waals surface area (Å²) in [4.78, 5) is 0. The summed E-state index contributed by atoms with van der Waals surface area (Å²) in [6.07, 6.45) is 8.29. The molecular formula is C47H32N4O2+2. The van der Waals surface area contributed by atoms with Crippen molar-refractivity contribution < 1.29 is 19.0 Å². The molecule has 0 radical (unpaired) electrons. The third-order valence-corrected chi connectivity index (χ3v) is 11.7. The monoisotopic (exact) mass is 684 g/mol. The molecule has 2 atom stereocenters. The fourth-order valence-electron chi connectivity index (χ4n) is 9.67. The molecule has 0 bridgehead atoms. The zero-order chi connectivity index (χ0) is 35.0. The molecule has 0 saturated heterocycles. The number of ether oxygens (including phenoxy) is 1. The van der Waals surface area contributed by atoms with Crippen LogP contribution in [0.15, 0.2) is 175 Å². The average Bonchev–Trinajstić information content (AvgIpc) is 4.04. The number of aliphatic hydroxyl groups excluding tert-OH is 1. The van der Waals surface area contributed by atoms with E-state index in [0.717, 1.165) is 39.5 Å². The third-order valence-electron chi connectivity index (χ3n) is 11.7. The van der Waals surface area contributed by atoms with Crippen LogP contribution in [0.25, 0.3) is 22.3 Å². The Hall–Kier alpha value is -6.60. The molecule has 4 aromatic carbocycles. The highest BCUT2D eigenvalue weighted by atomic mass is 16.6. The number of rotatable bonds is 6. The fraction of sp³-hybridized carbons (Fsp3) is 0.0638. The standard InChI is InChI=1S/C47H32N4O2/c1-53-46(52)33-19-17-32(18-20-33)45-40-27-25-38-43(30-13-7-3-8-14-30)36-23-21-34-42(29-11-5-2-6-12-29)35-22-24-37-44(31-15-9-4-10-16-31)39-26-28-41(45)51(39)47(48(34)36,49(35)37)50(38)40/h2-28,46,52H,1H3/q+2. The lowest BCUT2D eigenvalue weighted by atomic mass is 9.92. The van der Waals surface area contributed by atoms with Crippen molar-refractivity contribution in [2.75, 3.05) is 7.11 Å². The number of benzene rings is 4. The van der Waals surface area contributed by atoms with Gasteiger partial charge in [-0.1, -0.05) is 124 Å². The van der Waals surface area contributed by atoms with Crippen LogP contribution in [0.3, 0.4) is 0 Å². The Labute approximate surface area is 305 Å². The number of methoxy groups -OCH3 is 1. The van der Waals surface area contributed by atoms with Crippen molar-refractivity contribution in [3.8, 4) is 0 Å². The Bertz CT molecular complexity index is 2950. The van der Waals surface area contributed by atoms with Crippen LogP contribution in [-0.4, -0.2) is 41.9 Å². The molecule has 6 aliphatic rings. The zero-order valence-corrected chi connectivity index (χ0v) is 28.8. The summed E-state index contributed by atoms with van der Waals surface area (Å²) in [5, 5.41) is 12.9. The van der Waals surface area contributed by atoms with Gasteiger partial charge in [0.2, 0.25) is 22.8 Å². The predicted octanol–water partition coefficient (Wildman–Crippen LogP) is 6.06. The molecule has 1 N–H and O–H groups in total. The normalized spacial score (nSPS) is 20.2. The van der Waals surface area contributed by atoms with Crippen molar-refractivity contribution in [3.05, 3.63) is 225 Å². The first-order valence-corrected chi connectivity index (χ1v) is 18.1.